The zero-order valence-corrected chi connectivity index (χ0v) is 19.5. The topological polar surface area (TPSA) is 78.3 Å². The third kappa shape index (κ3) is 4.90. The number of benzene rings is 1. The van der Waals surface area contributed by atoms with Gasteiger partial charge in [-0.3, -0.25) is 9.69 Å². The fraction of sp³-hybridized carbons (Fsp3) is 0.478. The molecule has 1 saturated heterocycles. The molecule has 3 rings (SSSR count). The van der Waals surface area contributed by atoms with Crippen LogP contribution in [0.2, 0.25) is 0 Å². The van der Waals surface area contributed by atoms with Gasteiger partial charge in [-0.25, -0.2) is 8.42 Å². The van der Waals surface area contributed by atoms with E-state index in [1.807, 2.05) is 19.1 Å². The van der Waals surface area contributed by atoms with Gasteiger partial charge in [0.05, 0.1) is 11.5 Å². The predicted molar refractivity (Wildman–Crippen MR) is 124 cm³/mol. The van der Waals surface area contributed by atoms with Crippen molar-refractivity contribution < 1.29 is 13.2 Å². The highest BCUT2D eigenvalue weighted by Gasteiger charge is 2.27. The van der Waals surface area contributed by atoms with Crippen molar-refractivity contribution in [2.45, 2.75) is 50.3 Å². The van der Waals surface area contributed by atoms with Gasteiger partial charge >= 0.3 is 0 Å². The summed E-state index contributed by atoms with van der Waals surface area (Å²) in [7, 11) is -3.21. The van der Waals surface area contributed by atoms with E-state index in [4.69, 9.17) is 5.41 Å². The lowest BCUT2D eigenvalue weighted by Gasteiger charge is -2.26. The summed E-state index contributed by atoms with van der Waals surface area (Å²) >= 11 is 1.24. The summed E-state index contributed by atoms with van der Waals surface area (Å²) in [5, 5.41) is 8.49. The van der Waals surface area contributed by atoms with Crippen molar-refractivity contribution >= 4 is 32.7 Å². The maximum absolute atomic E-state index is 12.9. The lowest BCUT2D eigenvalue weighted by atomic mass is 9.92. The minimum atomic E-state index is -3.21. The molecule has 0 spiro atoms. The average molecular weight is 447 g/mol. The first kappa shape index (κ1) is 22.8. The Morgan fingerprint density at radius 1 is 1.20 bits per heavy atom. The van der Waals surface area contributed by atoms with Crippen molar-refractivity contribution in [1.29, 1.82) is 5.41 Å². The van der Waals surface area contributed by atoms with Crippen molar-refractivity contribution in [3.8, 4) is 10.4 Å². The SMILES string of the molecule is CC[C@@H](CN1CCC[C@H]1C)C(=N)C(=O)c1ccc(-c2ccc(S(=O)(=O)CC)s2)cc1. The second kappa shape index (κ2) is 9.54. The average Bonchev–Trinajstić information content (AvgIpc) is 3.41. The first-order chi connectivity index (χ1) is 14.3. The van der Waals surface area contributed by atoms with Crippen LogP contribution in [0.5, 0.6) is 0 Å². The van der Waals surface area contributed by atoms with Crippen LogP contribution >= 0.6 is 11.3 Å². The van der Waals surface area contributed by atoms with E-state index in [1.54, 1.807) is 31.2 Å². The molecule has 30 heavy (non-hydrogen) atoms. The molecule has 0 saturated carbocycles. The molecule has 0 amide bonds. The summed E-state index contributed by atoms with van der Waals surface area (Å²) in [6.45, 7) is 7.70. The third-order valence-corrected chi connectivity index (χ3v) is 9.44. The van der Waals surface area contributed by atoms with Gasteiger partial charge < -0.3 is 5.41 Å². The summed E-state index contributed by atoms with van der Waals surface area (Å²) < 4.78 is 24.4. The number of sulfone groups is 1. The molecule has 1 aromatic carbocycles. The van der Waals surface area contributed by atoms with Gasteiger partial charge in [-0.05, 0) is 50.4 Å². The molecule has 162 valence electrons. The molecule has 2 heterocycles. The number of carbonyl (C=O) groups is 1. The van der Waals surface area contributed by atoms with Gasteiger partial charge in [-0.15, -0.1) is 11.3 Å². The Bertz CT molecular complexity index is 1010. The van der Waals surface area contributed by atoms with Crippen LogP contribution in [0.25, 0.3) is 10.4 Å². The zero-order chi connectivity index (χ0) is 21.9. The number of carbonyl (C=O) groups excluding carboxylic acids is 1. The Morgan fingerprint density at radius 2 is 1.90 bits per heavy atom. The Hall–Kier alpha value is -1.83. The number of hydrogen-bond acceptors (Lipinski definition) is 6. The number of thiophene rings is 1. The van der Waals surface area contributed by atoms with Gasteiger partial charge in [0, 0.05) is 28.9 Å². The molecule has 7 heteroatoms. The molecule has 2 aromatic rings. The molecule has 0 bridgehead atoms. The number of likely N-dealkylation sites (tertiary alicyclic amines) is 1. The third-order valence-electron chi connectivity index (χ3n) is 5.99. The second-order valence-electron chi connectivity index (χ2n) is 7.93. The molecule has 1 fully saturated rings. The fourth-order valence-electron chi connectivity index (χ4n) is 3.88. The molecule has 1 aromatic heterocycles. The van der Waals surface area contributed by atoms with Gasteiger partial charge in [-0.2, -0.15) is 0 Å². The van der Waals surface area contributed by atoms with Crippen LogP contribution in [0.15, 0.2) is 40.6 Å². The molecule has 1 aliphatic heterocycles. The lowest BCUT2D eigenvalue weighted by molar-refractivity contribution is 0.105. The number of nitrogens with zero attached hydrogens (tertiary/aromatic N) is 1. The second-order valence-corrected chi connectivity index (χ2v) is 11.5. The van der Waals surface area contributed by atoms with Crippen LogP contribution in [0.4, 0.5) is 0 Å². The van der Waals surface area contributed by atoms with Crippen molar-refractivity contribution in [3.63, 3.8) is 0 Å². The van der Waals surface area contributed by atoms with Crippen molar-refractivity contribution in [1.82, 2.24) is 4.90 Å². The lowest BCUT2D eigenvalue weighted by Crippen LogP contribution is -2.37. The molecular formula is C23H30N2O3S2. The molecule has 1 N–H and O–H groups in total. The molecule has 0 aliphatic carbocycles. The van der Waals surface area contributed by atoms with E-state index < -0.39 is 9.84 Å². The van der Waals surface area contributed by atoms with Crippen LogP contribution in [0.3, 0.4) is 0 Å². The van der Waals surface area contributed by atoms with E-state index in [9.17, 15) is 13.2 Å². The number of Topliss-reactive ketones (excluding diaryl/α,β-unsaturated/α-hetero) is 1. The molecule has 1 aliphatic rings. The standard InChI is InChI=1S/C23H30N2O3S2/c1-4-17(15-25-14-6-7-16(25)3)22(24)23(26)19-10-8-18(9-11-19)20-12-13-21(29-20)30(27,28)5-2/h8-13,16-17,24H,4-7,14-15H2,1-3H3/t16-,17+/m1/s1. The van der Waals surface area contributed by atoms with Crippen molar-refractivity contribution in [2.24, 2.45) is 5.92 Å². The maximum atomic E-state index is 12.9. The van der Waals surface area contributed by atoms with Crippen LogP contribution in [0, 0.1) is 11.3 Å². The number of hydrogen-bond donors (Lipinski definition) is 1. The van der Waals surface area contributed by atoms with Crippen LogP contribution in [0.1, 0.15) is 50.4 Å². The minimum Gasteiger partial charge on any atom is -0.301 e. The largest absolute Gasteiger partial charge is 0.301 e. The van der Waals surface area contributed by atoms with E-state index in [0.717, 1.165) is 30.0 Å². The van der Waals surface area contributed by atoms with Crippen molar-refractivity contribution in [2.75, 3.05) is 18.8 Å². The Balaban J connectivity index is 1.72. The molecule has 5 nitrogen and oxygen atoms in total. The van der Waals surface area contributed by atoms with Crippen LogP contribution in [-0.2, 0) is 9.84 Å². The van der Waals surface area contributed by atoms with Gasteiger partial charge in [0.25, 0.3) is 0 Å². The fourth-order valence-corrected chi connectivity index (χ4v) is 6.32. The quantitative estimate of drug-likeness (QED) is 0.438. The Kier molecular flexibility index (Phi) is 7.26. The Morgan fingerprint density at radius 3 is 2.47 bits per heavy atom. The molecule has 2 atom stereocenters. The molecule has 0 radical (unpaired) electrons. The van der Waals surface area contributed by atoms with E-state index in [2.05, 4.69) is 11.8 Å². The minimum absolute atomic E-state index is 0.0585. The highest BCUT2D eigenvalue weighted by atomic mass is 32.2. The molecular weight excluding hydrogens is 416 g/mol. The van der Waals surface area contributed by atoms with E-state index in [1.165, 1.54) is 24.2 Å². The van der Waals surface area contributed by atoms with Crippen molar-refractivity contribution in [3.05, 3.63) is 42.0 Å². The molecule has 0 unspecified atom stereocenters. The van der Waals surface area contributed by atoms with Crippen LogP contribution < -0.4 is 0 Å². The number of ketones is 1. The van der Waals surface area contributed by atoms with Gasteiger partial charge in [0.2, 0.25) is 5.78 Å². The monoisotopic (exact) mass is 446 g/mol. The number of rotatable bonds is 9. The van der Waals surface area contributed by atoms with E-state index in [-0.39, 0.29) is 23.2 Å². The highest BCUT2D eigenvalue weighted by Crippen LogP contribution is 2.31. The maximum Gasteiger partial charge on any atom is 0.206 e. The van der Waals surface area contributed by atoms with Gasteiger partial charge in [0.1, 0.15) is 4.21 Å². The van der Waals surface area contributed by atoms with E-state index in [0.29, 0.717) is 15.8 Å². The van der Waals surface area contributed by atoms with Gasteiger partial charge in [0.15, 0.2) is 9.84 Å². The summed E-state index contributed by atoms with van der Waals surface area (Å²) in [6.07, 6.45) is 3.14. The van der Waals surface area contributed by atoms with Crippen LogP contribution in [-0.4, -0.2) is 49.7 Å². The van der Waals surface area contributed by atoms with Gasteiger partial charge in [-0.1, -0.05) is 38.1 Å². The Labute approximate surface area is 183 Å². The summed E-state index contributed by atoms with van der Waals surface area (Å²) in [5.74, 6) is -0.199. The summed E-state index contributed by atoms with van der Waals surface area (Å²) in [6, 6.07) is 11.1. The number of nitrogens with one attached hydrogen (secondary N) is 1. The summed E-state index contributed by atoms with van der Waals surface area (Å²) in [5.41, 5.74) is 1.56. The predicted octanol–water partition coefficient (Wildman–Crippen LogP) is 4.92. The first-order valence-corrected chi connectivity index (χ1v) is 13.0. The normalized spacial score (nSPS) is 18.4. The highest BCUT2D eigenvalue weighted by molar-refractivity contribution is 7.93. The smallest absolute Gasteiger partial charge is 0.206 e. The first-order valence-electron chi connectivity index (χ1n) is 10.6. The zero-order valence-electron chi connectivity index (χ0n) is 17.8. The van der Waals surface area contributed by atoms with E-state index >= 15 is 0 Å². The summed E-state index contributed by atoms with van der Waals surface area (Å²) in [4.78, 5) is 16.1.